The predicted octanol–water partition coefficient (Wildman–Crippen LogP) is 3.74. The Hall–Kier alpha value is -3.41. The van der Waals surface area contributed by atoms with E-state index in [4.69, 9.17) is 4.74 Å². The molecule has 136 valence electrons. The molecule has 0 aliphatic carbocycles. The van der Waals surface area contributed by atoms with Gasteiger partial charge in [-0.15, -0.1) is 0 Å². The first kappa shape index (κ1) is 17.0. The van der Waals surface area contributed by atoms with Crippen LogP contribution >= 0.6 is 0 Å². The summed E-state index contributed by atoms with van der Waals surface area (Å²) < 4.78 is 6.60. The van der Waals surface area contributed by atoms with Crippen molar-refractivity contribution in [2.45, 2.75) is 19.9 Å². The number of anilines is 1. The van der Waals surface area contributed by atoms with Gasteiger partial charge in [-0.25, -0.2) is 9.48 Å². The lowest BCUT2D eigenvalue weighted by Crippen LogP contribution is -2.20. The van der Waals surface area contributed by atoms with Crippen molar-refractivity contribution in [2.24, 2.45) is 0 Å². The van der Waals surface area contributed by atoms with Crippen molar-refractivity contribution >= 4 is 17.6 Å². The van der Waals surface area contributed by atoms with Crippen LogP contribution in [0.2, 0.25) is 0 Å². The van der Waals surface area contributed by atoms with Crippen molar-refractivity contribution in [1.29, 1.82) is 0 Å². The third kappa shape index (κ3) is 3.10. The van der Waals surface area contributed by atoms with Gasteiger partial charge in [-0.3, -0.25) is 0 Å². The number of esters is 1. The van der Waals surface area contributed by atoms with E-state index in [9.17, 15) is 4.79 Å². The second-order valence-corrected chi connectivity index (χ2v) is 6.59. The molecule has 27 heavy (non-hydrogen) atoms. The summed E-state index contributed by atoms with van der Waals surface area (Å²) in [5, 5.41) is 7.71. The number of rotatable bonds is 3. The lowest BCUT2D eigenvalue weighted by Gasteiger charge is -2.24. The van der Waals surface area contributed by atoms with E-state index in [1.165, 1.54) is 24.6 Å². The number of methoxy groups -OCH3 is 1. The molecule has 3 aromatic rings. The average Bonchev–Trinajstić information content (AvgIpc) is 3.17. The van der Waals surface area contributed by atoms with Gasteiger partial charge in [0.1, 0.15) is 12.4 Å². The summed E-state index contributed by atoms with van der Waals surface area (Å²) in [7, 11) is 1.38. The van der Waals surface area contributed by atoms with Crippen LogP contribution in [-0.4, -0.2) is 27.8 Å². The molecule has 0 saturated heterocycles. The first-order chi connectivity index (χ1) is 13.1. The smallest absolute Gasteiger partial charge is 0.337 e. The van der Waals surface area contributed by atoms with E-state index in [1.54, 1.807) is 12.1 Å². The van der Waals surface area contributed by atoms with Crippen LogP contribution in [-0.2, 0) is 4.74 Å². The molecule has 1 aliphatic rings. The molecule has 0 amide bonds. The molecule has 0 saturated carbocycles. The maximum atomic E-state index is 11.7. The first-order valence-corrected chi connectivity index (χ1v) is 8.71. The number of aromatic nitrogens is 3. The summed E-state index contributed by atoms with van der Waals surface area (Å²) in [5.41, 5.74) is 6.11. The van der Waals surface area contributed by atoms with Crippen LogP contribution in [0.15, 0.2) is 54.9 Å². The van der Waals surface area contributed by atoms with Gasteiger partial charge in [-0.05, 0) is 60.4 Å². The number of nitrogens with zero attached hydrogens (tertiary/aromatic N) is 3. The molecule has 6 nitrogen and oxygen atoms in total. The molecular formula is C21H20N4O2. The highest BCUT2D eigenvalue weighted by atomic mass is 16.5. The minimum Gasteiger partial charge on any atom is -0.465 e. The Labute approximate surface area is 157 Å². The number of hydrogen-bond acceptors (Lipinski definition) is 5. The molecule has 1 aliphatic heterocycles. The molecule has 1 atom stereocenters. The second kappa shape index (κ2) is 6.72. The van der Waals surface area contributed by atoms with Crippen molar-refractivity contribution in [2.75, 3.05) is 12.4 Å². The van der Waals surface area contributed by atoms with E-state index in [0.717, 1.165) is 16.8 Å². The number of carbonyl (C=O) groups is 1. The van der Waals surface area contributed by atoms with E-state index < -0.39 is 0 Å². The highest BCUT2D eigenvalue weighted by Gasteiger charge is 2.23. The van der Waals surface area contributed by atoms with Crippen LogP contribution in [0.3, 0.4) is 0 Å². The Kier molecular flexibility index (Phi) is 4.24. The van der Waals surface area contributed by atoms with E-state index in [0.29, 0.717) is 11.5 Å². The number of benzene rings is 2. The monoisotopic (exact) mass is 360 g/mol. The molecule has 4 rings (SSSR count). The van der Waals surface area contributed by atoms with Gasteiger partial charge in [-0.1, -0.05) is 24.3 Å². The van der Waals surface area contributed by atoms with Gasteiger partial charge in [0.25, 0.3) is 0 Å². The normalized spacial score (nSPS) is 15.5. The minimum atomic E-state index is -0.348. The van der Waals surface area contributed by atoms with Crippen molar-refractivity contribution < 1.29 is 9.53 Å². The number of ether oxygens (including phenoxy) is 1. The molecule has 2 heterocycles. The van der Waals surface area contributed by atoms with Crippen molar-refractivity contribution in [1.82, 2.24) is 14.8 Å². The quantitative estimate of drug-likeness (QED) is 0.721. The number of aryl methyl sites for hydroxylation is 2. The van der Waals surface area contributed by atoms with Gasteiger partial charge in [0.15, 0.2) is 0 Å². The van der Waals surface area contributed by atoms with E-state index in [1.807, 2.05) is 16.8 Å². The fourth-order valence-electron chi connectivity index (χ4n) is 3.18. The molecule has 6 heteroatoms. The summed E-state index contributed by atoms with van der Waals surface area (Å²) in [4.78, 5) is 16.0. The van der Waals surface area contributed by atoms with Gasteiger partial charge in [-0.2, -0.15) is 10.1 Å². The van der Waals surface area contributed by atoms with Crippen molar-refractivity contribution in [3.63, 3.8) is 0 Å². The third-order valence-electron chi connectivity index (χ3n) is 4.90. The maximum Gasteiger partial charge on any atom is 0.337 e. The van der Waals surface area contributed by atoms with Crippen molar-refractivity contribution in [3.05, 3.63) is 82.7 Å². The molecular weight excluding hydrogens is 340 g/mol. The van der Waals surface area contributed by atoms with Crippen LogP contribution in [0.1, 0.15) is 38.7 Å². The topological polar surface area (TPSA) is 69.0 Å². The zero-order valence-corrected chi connectivity index (χ0v) is 15.4. The summed E-state index contributed by atoms with van der Waals surface area (Å²) in [6.07, 6.45) is 3.66. The lowest BCUT2D eigenvalue weighted by atomic mass is 9.99. The van der Waals surface area contributed by atoms with Gasteiger partial charge in [0.05, 0.1) is 12.7 Å². The minimum absolute atomic E-state index is 0.118. The molecule has 0 spiro atoms. The van der Waals surface area contributed by atoms with Crippen LogP contribution in [0.5, 0.6) is 0 Å². The Morgan fingerprint density at radius 3 is 2.59 bits per heavy atom. The zero-order chi connectivity index (χ0) is 19.0. The molecule has 1 aromatic heterocycles. The SMILES string of the molecule is COC(=O)c1ccc([C@@H]2C=C(c3ccc(C)c(C)c3)Nc3ncnn32)cc1. The summed E-state index contributed by atoms with van der Waals surface area (Å²) in [6.45, 7) is 4.21. The molecule has 0 radical (unpaired) electrons. The lowest BCUT2D eigenvalue weighted by molar-refractivity contribution is 0.0600. The first-order valence-electron chi connectivity index (χ1n) is 8.71. The Morgan fingerprint density at radius 1 is 1.11 bits per heavy atom. The molecule has 2 aromatic carbocycles. The number of carbonyl (C=O) groups excluding carboxylic acids is 1. The van der Waals surface area contributed by atoms with Gasteiger partial charge in [0.2, 0.25) is 5.95 Å². The van der Waals surface area contributed by atoms with Crippen molar-refractivity contribution in [3.8, 4) is 0 Å². The fraction of sp³-hybridized carbons (Fsp3) is 0.190. The van der Waals surface area contributed by atoms with Crippen LogP contribution < -0.4 is 5.32 Å². The highest BCUT2D eigenvalue weighted by Crippen LogP contribution is 2.32. The number of allylic oxidation sites excluding steroid dienone is 1. The average molecular weight is 360 g/mol. The Bertz CT molecular complexity index is 1030. The zero-order valence-electron chi connectivity index (χ0n) is 15.4. The summed E-state index contributed by atoms with van der Waals surface area (Å²) >= 11 is 0. The third-order valence-corrected chi connectivity index (χ3v) is 4.90. The number of fused-ring (bicyclic) bond motifs is 1. The maximum absolute atomic E-state index is 11.7. The standard InChI is InChI=1S/C21H20N4O2/c1-13-4-5-17(10-14(13)2)18-11-19(25-21(24-18)22-12-23-25)15-6-8-16(9-7-15)20(26)27-3/h4-12,19H,1-3H3,(H,22,23,24)/t19-/m0/s1. The largest absolute Gasteiger partial charge is 0.465 e. The Morgan fingerprint density at radius 2 is 1.89 bits per heavy atom. The van der Waals surface area contributed by atoms with Gasteiger partial charge in [0, 0.05) is 5.70 Å². The fourth-order valence-corrected chi connectivity index (χ4v) is 3.18. The van der Waals surface area contributed by atoms with Crippen LogP contribution in [0.4, 0.5) is 5.95 Å². The van der Waals surface area contributed by atoms with Gasteiger partial charge >= 0.3 is 5.97 Å². The van der Waals surface area contributed by atoms with Crippen LogP contribution in [0, 0.1) is 13.8 Å². The highest BCUT2D eigenvalue weighted by molar-refractivity contribution is 5.89. The summed E-state index contributed by atoms with van der Waals surface area (Å²) in [6, 6.07) is 13.6. The number of nitrogens with one attached hydrogen (secondary N) is 1. The predicted molar refractivity (Wildman–Crippen MR) is 103 cm³/mol. The van der Waals surface area contributed by atoms with E-state index >= 15 is 0 Å². The molecule has 0 bridgehead atoms. The van der Waals surface area contributed by atoms with Gasteiger partial charge < -0.3 is 10.1 Å². The summed E-state index contributed by atoms with van der Waals surface area (Å²) in [5.74, 6) is 0.340. The van der Waals surface area contributed by atoms with E-state index in [2.05, 4.69) is 53.5 Å². The molecule has 0 fully saturated rings. The number of hydrogen-bond donors (Lipinski definition) is 1. The Balaban J connectivity index is 1.75. The molecule has 0 unspecified atom stereocenters. The van der Waals surface area contributed by atoms with Crippen LogP contribution in [0.25, 0.3) is 5.70 Å². The molecule has 1 N–H and O–H groups in total. The second-order valence-electron chi connectivity index (χ2n) is 6.59. The van der Waals surface area contributed by atoms with E-state index in [-0.39, 0.29) is 12.0 Å².